The van der Waals surface area contributed by atoms with E-state index in [0.717, 1.165) is 10.0 Å². The molecule has 0 fully saturated rings. The van der Waals surface area contributed by atoms with Crippen LogP contribution in [0.2, 0.25) is 0 Å². The van der Waals surface area contributed by atoms with E-state index in [1.807, 2.05) is 31.2 Å². The largest absolute Gasteiger partial charge is 0.496 e. The second-order valence-electron chi connectivity index (χ2n) is 8.04. The van der Waals surface area contributed by atoms with Crippen molar-refractivity contribution in [1.29, 1.82) is 0 Å². The maximum atomic E-state index is 13.8. The zero-order valence-electron chi connectivity index (χ0n) is 21.2. The van der Waals surface area contributed by atoms with Crippen molar-refractivity contribution in [3.8, 4) is 17.2 Å². The number of allylic oxidation sites excluding steroid dienone is 1. The molecule has 1 atom stereocenters. The summed E-state index contributed by atoms with van der Waals surface area (Å²) in [6.45, 7) is 6.00. The number of nitrogens with zero attached hydrogens (tertiary/aromatic N) is 2. The van der Waals surface area contributed by atoms with Crippen LogP contribution in [0.15, 0.2) is 61.9 Å². The van der Waals surface area contributed by atoms with Crippen LogP contribution in [-0.2, 0) is 9.53 Å². The Balaban J connectivity index is 1.94. The van der Waals surface area contributed by atoms with Gasteiger partial charge in [-0.1, -0.05) is 23.5 Å². The maximum absolute atomic E-state index is 13.8. The molecule has 1 aromatic heterocycles. The number of ether oxygens (including phenoxy) is 4. The fraction of sp³-hybridized carbons (Fsp3) is 0.296. The number of halogens is 1. The third-order valence-corrected chi connectivity index (χ3v) is 7.40. The number of benzene rings is 2. The van der Waals surface area contributed by atoms with Gasteiger partial charge in [-0.15, -0.1) is 0 Å². The third-order valence-electron chi connectivity index (χ3n) is 5.79. The summed E-state index contributed by atoms with van der Waals surface area (Å²) in [5, 5.41) is 0. The molecule has 0 spiro atoms. The van der Waals surface area contributed by atoms with E-state index in [1.165, 1.54) is 11.3 Å². The van der Waals surface area contributed by atoms with E-state index in [9.17, 15) is 9.59 Å². The number of rotatable bonds is 8. The Morgan fingerprint density at radius 1 is 1.08 bits per heavy atom. The quantitative estimate of drug-likeness (QED) is 0.371. The molecule has 194 valence electrons. The fourth-order valence-corrected chi connectivity index (χ4v) is 5.77. The lowest BCUT2D eigenvalue weighted by molar-refractivity contribution is -0.139. The third kappa shape index (κ3) is 5.21. The average molecular weight is 587 g/mol. The van der Waals surface area contributed by atoms with Gasteiger partial charge in [0.15, 0.2) is 16.3 Å². The first kappa shape index (κ1) is 26.7. The molecule has 0 saturated heterocycles. The van der Waals surface area contributed by atoms with Gasteiger partial charge < -0.3 is 18.9 Å². The van der Waals surface area contributed by atoms with E-state index in [0.29, 0.717) is 50.0 Å². The number of hydrogen-bond donors (Lipinski definition) is 0. The van der Waals surface area contributed by atoms with E-state index in [-0.39, 0.29) is 12.2 Å². The Bertz CT molecular complexity index is 1560. The Hall–Kier alpha value is -3.37. The zero-order chi connectivity index (χ0) is 26.7. The number of aromatic nitrogens is 1. The normalized spacial score (nSPS) is 15.2. The van der Waals surface area contributed by atoms with Gasteiger partial charge in [0.05, 0.1) is 53.8 Å². The first-order valence-corrected chi connectivity index (χ1v) is 13.3. The van der Waals surface area contributed by atoms with Crippen molar-refractivity contribution in [2.45, 2.75) is 26.8 Å². The zero-order valence-corrected chi connectivity index (χ0v) is 23.6. The van der Waals surface area contributed by atoms with E-state index in [1.54, 1.807) is 50.8 Å². The van der Waals surface area contributed by atoms with E-state index >= 15 is 0 Å². The summed E-state index contributed by atoms with van der Waals surface area (Å²) >= 11 is 4.75. The number of carbonyl (C=O) groups is 1. The predicted molar refractivity (Wildman–Crippen MR) is 145 cm³/mol. The standard InChI is InChI=1S/C27H27BrN2O6S/c1-6-35-21-14-17(9-11-20(21)34-5)24-23(26(32)36-7-2)15(3)29-27-30(24)25(31)22(37-27)13-16-8-10-19(33-4)18(28)12-16/h8-14,24H,6-7H2,1-5H3/t24-/m0/s1. The molecule has 1 aliphatic heterocycles. The lowest BCUT2D eigenvalue weighted by Gasteiger charge is -2.25. The van der Waals surface area contributed by atoms with Gasteiger partial charge in [-0.05, 0) is 78.2 Å². The first-order chi connectivity index (χ1) is 17.8. The minimum absolute atomic E-state index is 0.200. The van der Waals surface area contributed by atoms with Crippen molar-refractivity contribution in [3.05, 3.63) is 83.0 Å². The van der Waals surface area contributed by atoms with Crippen LogP contribution in [0.1, 0.15) is 37.9 Å². The number of carbonyl (C=O) groups excluding carboxylic acids is 1. The molecule has 1 aliphatic rings. The first-order valence-electron chi connectivity index (χ1n) is 11.7. The monoisotopic (exact) mass is 586 g/mol. The second-order valence-corrected chi connectivity index (χ2v) is 9.90. The Labute approximate surface area is 226 Å². The van der Waals surface area contributed by atoms with Crippen LogP contribution >= 0.6 is 27.3 Å². The molecule has 37 heavy (non-hydrogen) atoms. The molecule has 4 rings (SSSR count). The second kappa shape index (κ2) is 11.4. The minimum Gasteiger partial charge on any atom is -0.496 e. The lowest BCUT2D eigenvalue weighted by atomic mass is 9.95. The molecule has 0 saturated carbocycles. The van der Waals surface area contributed by atoms with Crippen LogP contribution in [0.4, 0.5) is 0 Å². The Kier molecular flexibility index (Phi) is 8.19. The molecule has 8 nitrogen and oxygen atoms in total. The van der Waals surface area contributed by atoms with Crippen LogP contribution in [-0.4, -0.2) is 38.0 Å². The van der Waals surface area contributed by atoms with E-state index in [2.05, 4.69) is 20.9 Å². The smallest absolute Gasteiger partial charge is 0.338 e. The lowest BCUT2D eigenvalue weighted by Crippen LogP contribution is -2.40. The fourth-order valence-electron chi connectivity index (χ4n) is 4.16. The average Bonchev–Trinajstić information content (AvgIpc) is 3.17. The Morgan fingerprint density at radius 3 is 2.46 bits per heavy atom. The van der Waals surface area contributed by atoms with Gasteiger partial charge >= 0.3 is 5.97 Å². The molecular weight excluding hydrogens is 560 g/mol. The summed E-state index contributed by atoms with van der Waals surface area (Å²) in [4.78, 5) is 32.0. The molecule has 2 aromatic carbocycles. The van der Waals surface area contributed by atoms with Gasteiger partial charge in [-0.2, -0.15) is 0 Å². The van der Waals surface area contributed by atoms with Gasteiger partial charge in [-0.3, -0.25) is 9.36 Å². The molecule has 0 aliphatic carbocycles. The molecule has 10 heteroatoms. The highest BCUT2D eigenvalue weighted by Crippen LogP contribution is 2.36. The maximum Gasteiger partial charge on any atom is 0.338 e. The Morgan fingerprint density at radius 2 is 1.81 bits per heavy atom. The van der Waals surface area contributed by atoms with Gasteiger partial charge in [0.25, 0.3) is 5.56 Å². The van der Waals surface area contributed by atoms with E-state index in [4.69, 9.17) is 18.9 Å². The summed E-state index contributed by atoms with van der Waals surface area (Å²) in [5.74, 6) is 1.25. The molecule has 0 amide bonds. The van der Waals surface area contributed by atoms with E-state index < -0.39 is 12.0 Å². The molecule has 0 bridgehead atoms. The minimum atomic E-state index is -0.745. The van der Waals surface area contributed by atoms with Gasteiger partial charge in [-0.25, -0.2) is 9.79 Å². The predicted octanol–water partition coefficient (Wildman–Crippen LogP) is 3.98. The highest BCUT2D eigenvalue weighted by molar-refractivity contribution is 9.10. The molecule has 3 aromatic rings. The number of methoxy groups -OCH3 is 2. The van der Waals surface area contributed by atoms with Crippen LogP contribution in [0.5, 0.6) is 17.2 Å². The molecular formula is C27H27BrN2O6S. The molecule has 0 N–H and O–H groups in total. The van der Waals surface area contributed by atoms with Crippen LogP contribution < -0.4 is 29.1 Å². The van der Waals surface area contributed by atoms with Gasteiger partial charge in [0.1, 0.15) is 5.75 Å². The topological polar surface area (TPSA) is 88.4 Å². The number of fused-ring (bicyclic) bond motifs is 1. The summed E-state index contributed by atoms with van der Waals surface area (Å²) in [7, 11) is 3.16. The number of esters is 1. The number of thiazole rings is 1. The highest BCUT2D eigenvalue weighted by Gasteiger charge is 2.34. The van der Waals surface area contributed by atoms with Gasteiger partial charge in [0.2, 0.25) is 0 Å². The van der Waals surface area contributed by atoms with Crippen LogP contribution in [0.3, 0.4) is 0 Å². The number of hydrogen-bond acceptors (Lipinski definition) is 8. The SMILES string of the molecule is CCOC(=O)C1=C(C)N=c2sc(=Cc3ccc(OC)c(Br)c3)c(=O)n2[C@H]1c1ccc(OC)c(OCC)c1. The summed E-state index contributed by atoms with van der Waals surface area (Å²) in [6, 6.07) is 10.2. The van der Waals surface area contributed by atoms with Crippen molar-refractivity contribution >= 4 is 39.3 Å². The summed E-state index contributed by atoms with van der Waals surface area (Å²) < 4.78 is 24.7. The van der Waals surface area contributed by atoms with Crippen LogP contribution in [0, 0.1) is 0 Å². The van der Waals surface area contributed by atoms with Crippen molar-refractivity contribution in [1.82, 2.24) is 4.57 Å². The summed E-state index contributed by atoms with van der Waals surface area (Å²) in [5.41, 5.74) is 2.04. The molecule has 2 heterocycles. The summed E-state index contributed by atoms with van der Waals surface area (Å²) in [6.07, 6.45) is 1.80. The molecule has 0 radical (unpaired) electrons. The van der Waals surface area contributed by atoms with Gasteiger partial charge in [0, 0.05) is 0 Å². The van der Waals surface area contributed by atoms with Crippen LogP contribution in [0.25, 0.3) is 6.08 Å². The van der Waals surface area contributed by atoms with Crippen molar-refractivity contribution in [3.63, 3.8) is 0 Å². The molecule has 0 unspecified atom stereocenters. The van der Waals surface area contributed by atoms with Crippen molar-refractivity contribution < 1.29 is 23.7 Å². The highest BCUT2D eigenvalue weighted by atomic mass is 79.9. The van der Waals surface area contributed by atoms with Crippen molar-refractivity contribution in [2.75, 3.05) is 27.4 Å². The van der Waals surface area contributed by atoms with Crippen molar-refractivity contribution in [2.24, 2.45) is 4.99 Å².